The van der Waals surface area contributed by atoms with Crippen LogP contribution >= 0.6 is 11.8 Å². The Kier molecular flexibility index (Phi) is 5.62. The van der Waals surface area contributed by atoms with E-state index in [1.165, 1.54) is 11.8 Å². The second-order valence-corrected chi connectivity index (χ2v) is 8.59. The van der Waals surface area contributed by atoms with E-state index in [1.54, 1.807) is 24.3 Å². The number of anilines is 1. The Hall–Kier alpha value is -2.65. The number of sulfonamides is 1. The van der Waals surface area contributed by atoms with Gasteiger partial charge in [0.25, 0.3) is 0 Å². The van der Waals surface area contributed by atoms with Crippen molar-refractivity contribution in [1.82, 2.24) is 14.8 Å². The SMILES string of the molecule is Cn1c(SCC(=O)c2ccc(NS(C)(=O)=O)cc2)nnc1-c1ccccc1. The maximum absolute atomic E-state index is 12.4. The van der Waals surface area contributed by atoms with Gasteiger partial charge in [0.1, 0.15) is 0 Å². The number of nitrogens with one attached hydrogen (secondary N) is 1. The Morgan fingerprint density at radius 1 is 1.07 bits per heavy atom. The number of rotatable bonds is 7. The van der Waals surface area contributed by atoms with E-state index in [0.29, 0.717) is 16.4 Å². The lowest BCUT2D eigenvalue weighted by molar-refractivity contribution is 0.102. The molecule has 27 heavy (non-hydrogen) atoms. The first-order valence-corrected chi connectivity index (χ1v) is 10.9. The van der Waals surface area contributed by atoms with E-state index < -0.39 is 10.0 Å². The van der Waals surface area contributed by atoms with Gasteiger partial charge in [0.15, 0.2) is 16.8 Å². The summed E-state index contributed by atoms with van der Waals surface area (Å²) in [6.45, 7) is 0. The van der Waals surface area contributed by atoms with Gasteiger partial charge in [-0.1, -0.05) is 42.1 Å². The standard InChI is InChI=1S/C18H18N4O3S2/c1-22-17(14-6-4-3-5-7-14)19-20-18(22)26-12-16(23)13-8-10-15(11-9-13)21-27(2,24)25/h3-11,21H,12H2,1-2H3. The zero-order chi connectivity index (χ0) is 19.4. The third kappa shape index (κ3) is 4.95. The highest BCUT2D eigenvalue weighted by molar-refractivity contribution is 7.99. The van der Waals surface area contributed by atoms with Crippen LogP contribution in [-0.2, 0) is 17.1 Å². The summed E-state index contributed by atoms with van der Waals surface area (Å²) in [5.41, 5.74) is 1.88. The lowest BCUT2D eigenvalue weighted by Crippen LogP contribution is -2.10. The number of nitrogens with zero attached hydrogens (tertiary/aromatic N) is 3. The molecule has 1 heterocycles. The Labute approximate surface area is 161 Å². The predicted molar refractivity (Wildman–Crippen MR) is 106 cm³/mol. The number of hydrogen-bond donors (Lipinski definition) is 1. The van der Waals surface area contributed by atoms with Crippen LogP contribution in [0, 0.1) is 0 Å². The van der Waals surface area contributed by atoms with Gasteiger partial charge in [0, 0.05) is 23.9 Å². The smallest absolute Gasteiger partial charge is 0.229 e. The zero-order valence-electron chi connectivity index (χ0n) is 14.8. The highest BCUT2D eigenvalue weighted by Gasteiger charge is 2.14. The molecule has 140 valence electrons. The molecule has 0 amide bonds. The van der Waals surface area contributed by atoms with Crippen LogP contribution in [0.4, 0.5) is 5.69 Å². The highest BCUT2D eigenvalue weighted by atomic mass is 32.2. The molecule has 0 spiro atoms. The Morgan fingerprint density at radius 2 is 1.74 bits per heavy atom. The molecule has 0 aliphatic rings. The molecule has 0 saturated heterocycles. The summed E-state index contributed by atoms with van der Waals surface area (Å²) in [6, 6.07) is 16.0. The van der Waals surface area contributed by atoms with E-state index in [0.717, 1.165) is 17.6 Å². The third-order valence-corrected chi connectivity index (χ3v) is 5.34. The number of aromatic nitrogens is 3. The molecule has 0 radical (unpaired) electrons. The van der Waals surface area contributed by atoms with Crippen molar-refractivity contribution in [2.75, 3.05) is 16.7 Å². The first-order valence-electron chi connectivity index (χ1n) is 8.02. The largest absolute Gasteiger partial charge is 0.305 e. The minimum Gasteiger partial charge on any atom is -0.305 e. The number of carbonyl (C=O) groups is 1. The molecule has 9 heteroatoms. The summed E-state index contributed by atoms with van der Waals surface area (Å²) in [4.78, 5) is 12.4. The van der Waals surface area contributed by atoms with Crippen molar-refractivity contribution < 1.29 is 13.2 Å². The molecule has 3 aromatic rings. The fraction of sp³-hybridized carbons (Fsp3) is 0.167. The number of benzene rings is 2. The van der Waals surface area contributed by atoms with Gasteiger partial charge in [-0.15, -0.1) is 10.2 Å². The summed E-state index contributed by atoms with van der Waals surface area (Å²) >= 11 is 1.31. The molecule has 0 aliphatic carbocycles. The molecule has 1 N–H and O–H groups in total. The van der Waals surface area contributed by atoms with Crippen LogP contribution in [-0.4, -0.2) is 41.0 Å². The second-order valence-electron chi connectivity index (χ2n) is 5.89. The maximum atomic E-state index is 12.4. The van der Waals surface area contributed by atoms with Crippen LogP contribution in [0.15, 0.2) is 59.8 Å². The average molecular weight is 403 g/mol. The summed E-state index contributed by atoms with van der Waals surface area (Å²) in [5.74, 6) is 0.872. The van der Waals surface area contributed by atoms with Crippen LogP contribution in [0.25, 0.3) is 11.4 Å². The minimum atomic E-state index is -3.34. The van der Waals surface area contributed by atoms with E-state index >= 15 is 0 Å². The van der Waals surface area contributed by atoms with E-state index in [2.05, 4.69) is 14.9 Å². The van der Waals surface area contributed by atoms with Gasteiger partial charge in [-0.2, -0.15) is 0 Å². The topological polar surface area (TPSA) is 94.0 Å². The van der Waals surface area contributed by atoms with E-state index in [-0.39, 0.29) is 11.5 Å². The Morgan fingerprint density at radius 3 is 2.37 bits per heavy atom. The van der Waals surface area contributed by atoms with E-state index in [4.69, 9.17) is 0 Å². The number of carbonyl (C=O) groups excluding carboxylic acids is 1. The van der Waals surface area contributed by atoms with Gasteiger partial charge in [-0.25, -0.2) is 8.42 Å². The number of Topliss-reactive ketones (excluding diaryl/α,β-unsaturated/α-hetero) is 1. The van der Waals surface area contributed by atoms with Crippen LogP contribution in [0.3, 0.4) is 0 Å². The van der Waals surface area contributed by atoms with Crippen LogP contribution in [0.2, 0.25) is 0 Å². The molecule has 0 unspecified atom stereocenters. The molecule has 0 fully saturated rings. The first kappa shape index (κ1) is 19.1. The van der Waals surface area contributed by atoms with Crippen molar-refractivity contribution in [3.8, 4) is 11.4 Å². The van der Waals surface area contributed by atoms with Crippen molar-refractivity contribution in [1.29, 1.82) is 0 Å². The molecular formula is C18H18N4O3S2. The number of ketones is 1. The molecule has 0 aliphatic heterocycles. The predicted octanol–water partition coefficient (Wildman–Crippen LogP) is 2.83. The van der Waals surface area contributed by atoms with Gasteiger partial charge in [0.05, 0.1) is 12.0 Å². The van der Waals surface area contributed by atoms with Gasteiger partial charge < -0.3 is 4.57 Å². The van der Waals surface area contributed by atoms with Gasteiger partial charge >= 0.3 is 0 Å². The van der Waals surface area contributed by atoms with Gasteiger partial charge in [-0.3, -0.25) is 9.52 Å². The Bertz CT molecular complexity index is 1050. The number of hydrogen-bond acceptors (Lipinski definition) is 6. The lowest BCUT2D eigenvalue weighted by Gasteiger charge is -2.06. The summed E-state index contributed by atoms with van der Waals surface area (Å²) in [7, 11) is -1.48. The molecule has 2 aromatic carbocycles. The molecule has 3 rings (SSSR count). The monoisotopic (exact) mass is 402 g/mol. The van der Waals surface area contributed by atoms with Gasteiger partial charge in [0.2, 0.25) is 10.0 Å². The number of thioether (sulfide) groups is 1. The fourth-order valence-electron chi connectivity index (χ4n) is 2.43. The quantitative estimate of drug-likeness (QED) is 0.482. The van der Waals surface area contributed by atoms with Crippen molar-refractivity contribution in [2.45, 2.75) is 5.16 Å². The summed E-state index contributed by atoms with van der Waals surface area (Å²) in [6.07, 6.45) is 1.08. The summed E-state index contributed by atoms with van der Waals surface area (Å²) in [5, 5.41) is 9.01. The van der Waals surface area contributed by atoms with E-state index in [1.807, 2.05) is 41.9 Å². The van der Waals surface area contributed by atoms with Crippen molar-refractivity contribution in [3.05, 3.63) is 60.2 Å². The van der Waals surface area contributed by atoms with E-state index in [9.17, 15) is 13.2 Å². The van der Waals surface area contributed by atoms with Gasteiger partial charge in [-0.05, 0) is 24.3 Å². The molecule has 0 bridgehead atoms. The lowest BCUT2D eigenvalue weighted by atomic mass is 10.1. The van der Waals surface area contributed by atoms with Crippen LogP contribution < -0.4 is 4.72 Å². The van der Waals surface area contributed by atoms with Crippen molar-refractivity contribution in [2.24, 2.45) is 7.05 Å². The van der Waals surface area contributed by atoms with Crippen LogP contribution in [0.1, 0.15) is 10.4 Å². The summed E-state index contributed by atoms with van der Waals surface area (Å²) < 4.78 is 26.7. The Balaban J connectivity index is 1.65. The average Bonchev–Trinajstić information content (AvgIpc) is 3.00. The maximum Gasteiger partial charge on any atom is 0.229 e. The molecular weight excluding hydrogens is 384 g/mol. The van der Waals surface area contributed by atoms with Crippen molar-refractivity contribution in [3.63, 3.8) is 0 Å². The molecule has 0 saturated carbocycles. The second kappa shape index (κ2) is 7.93. The first-order chi connectivity index (χ1) is 12.8. The molecule has 1 aromatic heterocycles. The highest BCUT2D eigenvalue weighted by Crippen LogP contribution is 2.23. The minimum absolute atomic E-state index is 0.0739. The zero-order valence-corrected chi connectivity index (χ0v) is 16.4. The third-order valence-electron chi connectivity index (χ3n) is 3.71. The fourth-order valence-corrected chi connectivity index (χ4v) is 3.80. The normalized spacial score (nSPS) is 11.3. The molecule has 0 atom stereocenters. The van der Waals surface area contributed by atoms with Crippen molar-refractivity contribution >= 4 is 33.3 Å². The molecule has 7 nitrogen and oxygen atoms in total. The van der Waals surface area contributed by atoms with Crippen LogP contribution in [0.5, 0.6) is 0 Å².